The number of carboxylic acid groups (broad SMARTS) is 1. The lowest BCUT2D eigenvalue weighted by molar-refractivity contribution is 0.0697. The van der Waals surface area contributed by atoms with E-state index in [1.54, 1.807) is 12.1 Å². The van der Waals surface area contributed by atoms with Gasteiger partial charge in [-0.15, -0.1) is 0 Å². The Morgan fingerprint density at radius 3 is 2.63 bits per heavy atom. The molecule has 1 fully saturated rings. The highest BCUT2D eigenvalue weighted by molar-refractivity contribution is 6.33. The zero-order valence-electron chi connectivity index (χ0n) is 11.2. The molecule has 0 atom stereocenters. The quantitative estimate of drug-likeness (QED) is 0.859. The van der Waals surface area contributed by atoms with E-state index in [4.69, 9.17) is 16.7 Å². The molecule has 1 aliphatic rings. The van der Waals surface area contributed by atoms with Gasteiger partial charge in [-0.2, -0.15) is 0 Å². The molecule has 0 amide bonds. The SMILES string of the molecule is CCC1CCC(Nc2ccc(Cl)c(C(=O)O)c2)CC1. The van der Waals surface area contributed by atoms with Crippen molar-refractivity contribution < 1.29 is 9.90 Å². The van der Waals surface area contributed by atoms with E-state index in [1.807, 2.05) is 6.07 Å². The van der Waals surface area contributed by atoms with Gasteiger partial charge in [-0.25, -0.2) is 4.79 Å². The molecule has 104 valence electrons. The van der Waals surface area contributed by atoms with Crippen LogP contribution in [0, 0.1) is 5.92 Å². The van der Waals surface area contributed by atoms with Crippen LogP contribution in [-0.4, -0.2) is 17.1 Å². The molecule has 19 heavy (non-hydrogen) atoms. The molecule has 0 heterocycles. The third kappa shape index (κ3) is 3.63. The third-order valence-electron chi connectivity index (χ3n) is 3.99. The van der Waals surface area contributed by atoms with Gasteiger partial charge in [-0.1, -0.05) is 24.9 Å². The first-order valence-corrected chi connectivity index (χ1v) is 7.27. The summed E-state index contributed by atoms with van der Waals surface area (Å²) < 4.78 is 0. The van der Waals surface area contributed by atoms with Gasteiger partial charge in [-0.3, -0.25) is 0 Å². The van der Waals surface area contributed by atoms with Gasteiger partial charge >= 0.3 is 5.97 Å². The van der Waals surface area contributed by atoms with Gasteiger partial charge in [0.15, 0.2) is 0 Å². The molecular formula is C15H20ClNO2. The molecule has 0 unspecified atom stereocenters. The van der Waals surface area contributed by atoms with E-state index in [9.17, 15) is 4.79 Å². The van der Waals surface area contributed by atoms with Crippen LogP contribution in [0.2, 0.25) is 5.02 Å². The Labute approximate surface area is 119 Å². The zero-order chi connectivity index (χ0) is 13.8. The van der Waals surface area contributed by atoms with E-state index in [0.29, 0.717) is 6.04 Å². The maximum atomic E-state index is 11.0. The van der Waals surface area contributed by atoms with Crippen LogP contribution in [0.5, 0.6) is 0 Å². The average Bonchev–Trinajstić information content (AvgIpc) is 2.41. The van der Waals surface area contributed by atoms with E-state index in [0.717, 1.165) is 24.4 Å². The summed E-state index contributed by atoms with van der Waals surface area (Å²) in [6.45, 7) is 2.25. The monoisotopic (exact) mass is 281 g/mol. The summed E-state index contributed by atoms with van der Waals surface area (Å²) in [5.41, 5.74) is 1.01. The van der Waals surface area contributed by atoms with E-state index in [1.165, 1.54) is 19.3 Å². The number of anilines is 1. The van der Waals surface area contributed by atoms with Crippen molar-refractivity contribution in [2.75, 3.05) is 5.32 Å². The largest absolute Gasteiger partial charge is 0.478 e. The van der Waals surface area contributed by atoms with Crippen molar-refractivity contribution >= 4 is 23.3 Å². The minimum atomic E-state index is -0.983. The summed E-state index contributed by atoms with van der Waals surface area (Å²) in [6, 6.07) is 5.56. The molecule has 1 saturated carbocycles. The molecule has 0 spiro atoms. The minimum Gasteiger partial charge on any atom is -0.478 e. The predicted molar refractivity (Wildman–Crippen MR) is 78.1 cm³/mol. The summed E-state index contributed by atoms with van der Waals surface area (Å²) in [7, 11) is 0. The highest BCUT2D eigenvalue weighted by Crippen LogP contribution is 2.29. The standard InChI is InChI=1S/C15H20ClNO2/c1-2-10-3-5-11(6-4-10)17-12-7-8-14(16)13(9-12)15(18)19/h7-11,17H,2-6H2,1H3,(H,18,19). The normalized spacial score (nSPS) is 23.1. The maximum absolute atomic E-state index is 11.0. The number of halogens is 1. The first-order valence-electron chi connectivity index (χ1n) is 6.89. The van der Waals surface area contributed by atoms with E-state index < -0.39 is 5.97 Å². The summed E-state index contributed by atoms with van der Waals surface area (Å²) >= 11 is 5.86. The Bertz CT molecular complexity index is 453. The molecule has 1 aromatic carbocycles. The first-order chi connectivity index (χ1) is 9.10. The predicted octanol–water partition coefficient (Wildman–Crippen LogP) is 4.42. The molecule has 0 saturated heterocycles. The smallest absolute Gasteiger partial charge is 0.337 e. The molecule has 1 aliphatic carbocycles. The Balaban J connectivity index is 2.00. The van der Waals surface area contributed by atoms with Crippen LogP contribution >= 0.6 is 11.6 Å². The van der Waals surface area contributed by atoms with Crippen LogP contribution in [0.1, 0.15) is 49.4 Å². The number of rotatable bonds is 4. The highest BCUT2D eigenvalue weighted by Gasteiger charge is 2.20. The summed E-state index contributed by atoms with van der Waals surface area (Å²) in [6.07, 6.45) is 6.09. The van der Waals surface area contributed by atoms with E-state index in [2.05, 4.69) is 12.2 Å². The van der Waals surface area contributed by atoms with Crippen molar-refractivity contribution in [3.8, 4) is 0 Å². The van der Waals surface area contributed by atoms with Gasteiger partial charge in [-0.05, 0) is 49.8 Å². The van der Waals surface area contributed by atoms with Crippen molar-refractivity contribution in [2.24, 2.45) is 5.92 Å². The number of hydrogen-bond donors (Lipinski definition) is 2. The molecule has 1 aromatic rings. The lowest BCUT2D eigenvalue weighted by Gasteiger charge is -2.29. The molecule has 0 aliphatic heterocycles. The fraction of sp³-hybridized carbons (Fsp3) is 0.533. The van der Waals surface area contributed by atoms with Crippen molar-refractivity contribution in [3.05, 3.63) is 28.8 Å². The van der Waals surface area contributed by atoms with Crippen molar-refractivity contribution in [1.29, 1.82) is 0 Å². The lowest BCUT2D eigenvalue weighted by atomic mass is 9.84. The second kappa shape index (κ2) is 6.29. The summed E-state index contributed by atoms with van der Waals surface area (Å²) in [5.74, 6) is -0.124. The van der Waals surface area contributed by atoms with Gasteiger partial charge < -0.3 is 10.4 Å². The fourth-order valence-electron chi connectivity index (χ4n) is 2.73. The van der Waals surface area contributed by atoms with Crippen LogP contribution in [0.3, 0.4) is 0 Å². The molecule has 0 bridgehead atoms. The number of benzene rings is 1. The molecule has 3 nitrogen and oxygen atoms in total. The first kappa shape index (κ1) is 14.2. The van der Waals surface area contributed by atoms with Crippen molar-refractivity contribution in [3.63, 3.8) is 0 Å². The van der Waals surface area contributed by atoms with Gasteiger partial charge in [0.2, 0.25) is 0 Å². The number of carboxylic acids is 1. The average molecular weight is 282 g/mol. The number of nitrogens with one attached hydrogen (secondary N) is 1. The van der Waals surface area contributed by atoms with Gasteiger partial charge in [0, 0.05) is 11.7 Å². The lowest BCUT2D eigenvalue weighted by Crippen LogP contribution is -2.25. The van der Waals surface area contributed by atoms with Crippen LogP contribution in [0.15, 0.2) is 18.2 Å². The molecule has 0 radical (unpaired) electrons. The summed E-state index contributed by atoms with van der Waals surface area (Å²) in [4.78, 5) is 11.0. The maximum Gasteiger partial charge on any atom is 0.337 e. The second-order valence-corrected chi connectivity index (χ2v) is 5.68. The van der Waals surface area contributed by atoms with E-state index >= 15 is 0 Å². The van der Waals surface area contributed by atoms with Crippen LogP contribution in [-0.2, 0) is 0 Å². The van der Waals surface area contributed by atoms with Crippen molar-refractivity contribution in [1.82, 2.24) is 0 Å². The van der Waals surface area contributed by atoms with E-state index in [-0.39, 0.29) is 10.6 Å². The van der Waals surface area contributed by atoms with Crippen LogP contribution in [0.25, 0.3) is 0 Å². The molecule has 2 N–H and O–H groups in total. The Morgan fingerprint density at radius 1 is 1.37 bits per heavy atom. The van der Waals surface area contributed by atoms with Gasteiger partial charge in [0.05, 0.1) is 10.6 Å². The number of hydrogen-bond acceptors (Lipinski definition) is 2. The Hall–Kier alpha value is -1.22. The molecule has 0 aromatic heterocycles. The Morgan fingerprint density at radius 2 is 2.05 bits per heavy atom. The summed E-state index contributed by atoms with van der Waals surface area (Å²) in [5, 5.41) is 12.8. The minimum absolute atomic E-state index is 0.161. The number of aromatic carboxylic acids is 1. The third-order valence-corrected chi connectivity index (χ3v) is 4.32. The van der Waals surface area contributed by atoms with Crippen LogP contribution in [0.4, 0.5) is 5.69 Å². The number of carbonyl (C=O) groups is 1. The van der Waals surface area contributed by atoms with Gasteiger partial charge in [0.1, 0.15) is 0 Å². The van der Waals surface area contributed by atoms with Crippen molar-refractivity contribution in [2.45, 2.75) is 45.1 Å². The van der Waals surface area contributed by atoms with Gasteiger partial charge in [0.25, 0.3) is 0 Å². The zero-order valence-corrected chi connectivity index (χ0v) is 11.9. The molecule has 2 rings (SSSR count). The molecular weight excluding hydrogens is 262 g/mol. The second-order valence-electron chi connectivity index (χ2n) is 5.27. The fourth-order valence-corrected chi connectivity index (χ4v) is 2.93. The topological polar surface area (TPSA) is 49.3 Å². The highest BCUT2D eigenvalue weighted by atomic mass is 35.5. The van der Waals surface area contributed by atoms with Crippen LogP contribution < -0.4 is 5.32 Å². The molecule has 4 heteroatoms. The Kier molecular flexibility index (Phi) is 4.70.